The molecule has 2 nitrogen and oxygen atoms in total. The van der Waals surface area contributed by atoms with Gasteiger partial charge in [0.2, 0.25) is 0 Å². The average Bonchev–Trinajstić information content (AvgIpc) is 2.47. The molecule has 1 aliphatic carbocycles. The summed E-state index contributed by atoms with van der Waals surface area (Å²) in [7, 11) is 0. The van der Waals surface area contributed by atoms with Crippen molar-refractivity contribution in [3.8, 4) is 0 Å². The number of hydrogen-bond acceptors (Lipinski definition) is 2. The van der Waals surface area contributed by atoms with E-state index in [0.717, 1.165) is 21.8 Å². The molecule has 1 saturated carbocycles. The van der Waals surface area contributed by atoms with Gasteiger partial charge in [-0.15, -0.1) is 0 Å². The quantitative estimate of drug-likeness (QED) is 0.832. The van der Waals surface area contributed by atoms with Crippen LogP contribution in [-0.2, 0) is 0 Å². The maximum Gasteiger partial charge on any atom is 0.0737 e. The Hall–Kier alpha value is -1.28. The van der Waals surface area contributed by atoms with E-state index in [-0.39, 0.29) is 0 Å². The van der Waals surface area contributed by atoms with Crippen molar-refractivity contribution in [3.63, 3.8) is 0 Å². The predicted molar refractivity (Wildman–Crippen MR) is 86.4 cm³/mol. The first-order chi connectivity index (χ1) is 9.76. The van der Waals surface area contributed by atoms with Crippen LogP contribution in [0.4, 0.5) is 5.69 Å². The van der Waals surface area contributed by atoms with E-state index in [9.17, 15) is 0 Å². The van der Waals surface area contributed by atoms with E-state index in [1.165, 1.54) is 37.8 Å². The predicted octanol–water partition coefficient (Wildman–Crippen LogP) is 5.27. The molecule has 0 aliphatic heterocycles. The smallest absolute Gasteiger partial charge is 0.0737 e. The monoisotopic (exact) mass is 288 g/mol. The van der Waals surface area contributed by atoms with Crippen LogP contribution in [0.1, 0.15) is 39.0 Å². The van der Waals surface area contributed by atoms with Gasteiger partial charge in [-0.25, -0.2) is 0 Å². The van der Waals surface area contributed by atoms with Crippen LogP contribution in [0, 0.1) is 5.92 Å². The van der Waals surface area contributed by atoms with Crippen molar-refractivity contribution in [2.75, 3.05) is 5.32 Å². The molecule has 1 aromatic carbocycles. The molecule has 1 heterocycles. The van der Waals surface area contributed by atoms with E-state index in [0.29, 0.717) is 6.04 Å². The summed E-state index contributed by atoms with van der Waals surface area (Å²) < 4.78 is 0. The van der Waals surface area contributed by atoms with Crippen LogP contribution in [0.2, 0.25) is 5.02 Å². The zero-order chi connectivity index (χ0) is 13.9. The standard InChI is InChI=1S/C17H21ClN2/c1-2-12-4-3-5-14(10-12)20-16-8-9-19-17-11-13(18)6-7-15(16)17/h6-9,11-12,14H,2-5,10H2,1H3,(H,19,20). The number of aromatic nitrogens is 1. The lowest BCUT2D eigenvalue weighted by Crippen LogP contribution is -2.27. The lowest BCUT2D eigenvalue weighted by Gasteiger charge is -2.30. The van der Waals surface area contributed by atoms with Gasteiger partial charge < -0.3 is 5.32 Å². The SMILES string of the molecule is CCC1CCCC(Nc2ccnc3cc(Cl)ccc23)C1. The molecule has 1 aromatic heterocycles. The molecule has 1 fully saturated rings. The van der Waals surface area contributed by atoms with Crippen LogP contribution in [0.5, 0.6) is 0 Å². The van der Waals surface area contributed by atoms with Gasteiger partial charge in [-0.1, -0.05) is 37.8 Å². The molecular weight excluding hydrogens is 268 g/mol. The number of anilines is 1. The normalized spacial score (nSPS) is 22.9. The van der Waals surface area contributed by atoms with Crippen LogP contribution in [0.15, 0.2) is 30.5 Å². The van der Waals surface area contributed by atoms with Gasteiger partial charge in [-0.05, 0) is 43.0 Å². The third-order valence-corrected chi connectivity index (χ3v) is 4.66. The Morgan fingerprint density at radius 2 is 2.20 bits per heavy atom. The second kappa shape index (κ2) is 6.01. The molecule has 1 aliphatic rings. The molecule has 106 valence electrons. The van der Waals surface area contributed by atoms with E-state index in [1.54, 1.807) is 0 Å². The second-order valence-corrected chi connectivity index (χ2v) is 6.24. The zero-order valence-corrected chi connectivity index (χ0v) is 12.7. The number of halogens is 1. The lowest BCUT2D eigenvalue weighted by atomic mass is 9.84. The molecule has 3 rings (SSSR count). The van der Waals surface area contributed by atoms with E-state index >= 15 is 0 Å². The van der Waals surface area contributed by atoms with E-state index in [2.05, 4.69) is 29.4 Å². The zero-order valence-electron chi connectivity index (χ0n) is 11.9. The Bertz CT molecular complexity index is 597. The van der Waals surface area contributed by atoms with Crippen LogP contribution in [0.25, 0.3) is 10.9 Å². The molecule has 2 unspecified atom stereocenters. The minimum absolute atomic E-state index is 0.593. The number of hydrogen-bond donors (Lipinski definition) is 1. The van der Waals surface area contributed by atoms with E-state index in [1.807, 2.05) is 18.3 Å². The van der Waals surface area contributed by atoms with Gasteiger partial charge >= 0.3 is 0 Å². The summed E-state index contributed by atoms with van der Waals surface area (Å²) >= 11 is 6.04. The maximum absolute atomic E-state index is 6.04. The van der Waals surface area contributed by atoms with E-state index in [4.69, 9.17) is 11.6 Å². The highest BCUT2D eigenvalue weighted by Crippen LogP contribution is 2.31. The molecule has 0 radical (unpaired) electrons. The fourth-order valence-corrected chi connectivity index (χ4v) is 3.43. The summed E-state index contributed by atoms with van der Waals surface area (Å²) in [6.07, 6.45) is 8.44. The summed E-state index contributed by atoms with van der Waals surface area (Å²) in [5.41, 5.74) is 2.15. The van der Waals surface area contributed by atoms with Gasteiger partial charge in [0.25, 0.3) is 0 Å². The lowest BCUT2D eigenvalue weighted by molar-refractivity contribution is 0.327. The first kappa shape index (κ1) is 13.7. The Morgan fingerprint density at radius 1 is 1.30 bits per heavy atom. The molecule has 0 bridgehead atoms. The summed E-state index contributed by atoms with van der Waals surface area (Å²) in [5.74, 6) is 0.879. The summed E-state index contributed by atoms with van der Waals surface area (Å²) in [6, 6.07) is 8.60. The second-order valence-electron chi connectivity index (χ2n) is 5.80. The van der Waals surface area contributed by atoms with Gasteiger partial charge in [-0.2, -0.15) is 0 Å². The Morgan fingerprint density at radius 3 is 3.05 bits per heavy atom. The van der Waals surface area contributed by atoms with Gasteiger partial charge in [0, 0.05) is 28.3 Å². The third-order valence-electron chi connectivity index (χ3n) is 4.42. The van der Waals surface area contributed by atoms with Crippen LogP contribution in [0.3, 0.4) is 0 Å². The van der Waals surface area contributed by atoms with Crippen molar-refractivity contribution >= 4 is 28.2 Å². The molecule has 1 N–H and O–H groups in total. The molecule has 2 atom stereocenters. The highest BCUT2D eigenvalue weighted by molar-refractivity contribution is 6.31. The molecule has 0 saturated heterocycles. The van der Waals surface area contributed by atoms with Crippen molar-refractivity contribution < 1.29 is 0 Å². The van der Waals surface area contributed by atoms with Gasteiger partial charge in [0.05, 0.1) is 5.52 Å². The Kier molecular flexibility index (Phi) is 4.11. The number of fused-ring (bicyclic) bond motifs is 1. The largest absolute Gasteiger partial charge is 0.382 e. The fourth-order valence-electron chi connectivity index (χ4n) is 3.26. The highest BCUT2D eigenvalue weighted by Gasteiger charge is 2.20. The number of pyridine rings is 1. The van der Waals surface area contributed by atoms with E-state index < -0.39 is 0 Å². The molecule has 0 spiro atoms. The Labute approximate surface area is 125 Å². The third kappa shape index (κ3) is 2.90. The molecule has 0 amide bonds. The number of nitrogens with one attached hydrogen (secondary N) is 1. The van der Waals surface area contributed by atoms with Crippen molar-refractivity contribution in [1.82, 2.24) is 4.98 Å². The average molecular weight is 289 g/mol. The minimum Gasteiger partial charge on any atom is -0.382 e. The van der Waals surface area contributed by atoms with Crippen LogP contribution < -0.4 is 5.32 Å². The molecular formula is C17H21ClN2. The van der Waals surface area contributed by atoms with Crippen LogP contribution in [-0.4, -0.2) is 11.0 Å². The number of benzene rings is 1. The fraction of sp³-hybridized carbons (Fsp3) is 0.471. The van der Waals surface area contributed by atoms with Crippen molar-refractivity contribution in [3.05, 3.63) is 35.5 Å². The van der Waals surface area contributed by atoms with Crippen molar-refractivity contribution in [2.45, 2.75) is 45.1 Å². The molecule has 2 aromatic rings. The topological polar surface area (TPSA) is 24.9 Å². The number of rotatable bonds is 3. The van der Waals surface area contributed by atoms with Gasteiger partial charge in [0.15, 0.2) is 0 Å². The summed E-state index contributed by atoms with van der Waals surface area (Å²) in [5, 5.41) is 5.63. The minimum atomic E-state index is 0.593. The van der Waals surface area contributed by atoms with Gasteiger partial charge in [0.1, 0.15) is 0 Å². The first-order valence-electron chi connectivity index (χ1n) is 7.57. The highest BCUT2D eigenvalue weighted by atomic mass is 35.5. The first-order valence-corrected chi connectivity index (χ1v) is 7.95. The van der Waals surface area contributed by atoms with Crippen molar-refractivity contribution in [1.29, 1.82) is 0 Å². The van der Waals surface area contributed by atoms with Crippen LogP contribution >= 0.6 is 11.6 Å². The number of nitrogens with zero attached hydrogens (tertiary/aromatic N) is 1. The molecule has 3 heteroatoms. The summed E-state index contributed by atoms with van der Waals surface area (Å²) in [4.78, 5) is 4.40. The molecule has 20 heavy (non-hydrogen) atoms. The summed E-state index contributed by atoms with van der Waals surface area (Å²) in [6.45, 7) is 2.30. The van der Waals surface area contributed by atoms with Gasteiger partial charge in [-0.3, -0.25) is 4.98 Å². The van der Waals surface area contributed by atoms with Crippen molar-refractivity contribution in [2.24, 2.45) is 5.92 Å². The Balaban J connectivity index is 1.83. The maximum atomic E-state index is 6.04.